The van der Waals surface area contributed by atoms with Crippen LogP contribution in [0.1, 0.15) is 31.1 Å². The zero-order chi connectivity index (χ0) is 12.5. The fraction of sp³-hybridized carbons (Fsp3) is 0.364. The van der Waals surface area contributed by atoms with E-state index >= 15 is 0 Å². The van der Waals surface area contributed by atoms with Crippen LogP contribution in [0.2, 0.25) is 0 Å². The van der Waals surface area contributed by atoms with Crippen molar-refractivity contribution in [1.82, 2.24) is 0 Å². The van der Waals surface area contributed by atoms with E-state index in [-0.39, 0.29) is 11.3 Å². The summed E-state index contributed by atoms with van der Waals surface area (Å²) < 4.78 is 18.9. The maximum absolute atomic E-state index is 13.5. The van der Waals surface area contributed by atoms with E-state index in [2.05, 4.69) is 15.9 Å². The van der Waals surface area contributed by atoms with E-state index in [1.165, 1.54) is 6.07 Å². The Morgan fingerprint density at radius 2 is 2.00 bits per heavy atom. The minimum atomic E-state index is -0.711. The highest BCUT2D eigenvalue weighted by Gasteiger charge is 2.23. The summed E-state index contributed by atoms with van der Waals surface area (Å²) >= 11 is 3.09. The molecule has 0 saturated carbocycles. The molecule has 0 fully saturated rings. The first-order valence-electron chi connectivity index (χ1n) is 4.68. The number of halogens is 2. The van der Waals surface area contributed by atoms with Crippen molar-refractivity contribution in [2.24, 2.45) is 0 Å². The minimum Gasteiger partial charge on any atom is -0.456 e. The predicted molar refractivity (Wildman–Crippen MR) is 63.7 cm³/mol. The molecular weight excluding hydrogens is 277 g/mol. The monoisotopic (exact) mass is 289 g/mol. The third-order valence-electron chi connectivity index (χ3n) is 1.67. The van der Waals surface area contributed by atoms with Gasteiger partial charge in [-0.2, -0.15) is 0 Å². The molecule has 0 heterocycles. The zero-order valence-corrected chi connectivity index (χ0v) is 10.9. The summed E-state index contributed by atoms with van der Waals surface area (Å²) in [6, 6.07) is 2.55. The van der Waals surface area contributed by atoms with Gasteiger partial charge in [0.2, 0.25) is 0 Å². The molecule has 3 nitrogen and oxygen atoms in total. The summed E-state index contributed by atoms with van der Waals surface area (Å²) in [7, 11) is 0. The van der Waals surface area contributed by atoms with Gasteiger partial charge in [0, 0.05) is 10.2 Å². The minimum absolute atomic E-state index is 0.135. The standard InChI is InChI=1S/C11H13BrFNO2/c1-11(2,3)16-10(15)9-7(12)4-6(14)5-8(9)13/h4-5H,14H2,1-3H3. The first-order valence-corrected chi connectivity index (χ1v) is 5.48. The number of carbonyl (C=O) groups is 1. The van der Waals surface area contributed by atoms with Crippen LogP contribution in [0, 0.1) is 5.82 Å². The lowest BCUT2D eigenvalue weighted by Crippen LogP contribution is -2.24. The van der Waals surface area contributed by atoms with Crippen molar-refractivity contribution in [3.8, 4) is 0 Å². The highest BCUT2D eigenvalue weighted by atomic mass is 79.9. The van der Waals surface area contributed by atoms with E-state index < -0.39 is 17.4 Å². The second-order valence-electron chi connectivity index (χ2n) is 4.36. The smallest absolute Gasteiger partial charge is 0.342 e. The number of esters is 1. The van der Waals surface area contributed by atoms with Crippen LogP contribution < -0.4 is 5.73 Å². The molecule has 88 valence electrons. The molecule has 0 aliphatic heterocycles. The zero-order valence-electron chi connectivity index (χ0n) is 9.30. The first-order chi connectivity index (χ1) is 7.20. The molecule has 0 bridgehead atoms. The largest absolute Gasteiger partial charge is 0.456 e. The lowest BCUT2D eigenvalue weighted by Gasteiger charge is -2.20. The summed E-state index contributed by atoms with van der Waals surface area (Å²) in [6.45, 7) is 5.15. The van der Waals surface area contributed by atoms with Gasteiger partial charge in [-0.25, -0.2) is 9.18 Å². The Kier molecular flexibility index (Phi) is 3.57. The molecule has 1 aromatic carbocycles. The van der Waals surface area contributed by atoms with E-state index in [1.807, 2.05) is 0 Å². The third kappa shape index (κ3) is 3.20. The van der Waals surface area contributed by atoms with Crippen molar-refractivity contribution in [2.75, 3.05) is 5.73 Å². The Morgan fingerprint density at radius 3 is 2.44 bits per heavy atom. The van der Waals surface area contributed by atoms with Crippen molar-refractivity contribution in [3.63, 3.8) is 0 Å². The van der Waals surface area contributed by atoms with Gasteiger partial charge in [0.25, 0.3) is 0 Å². The number of carbonyl (C=O) groups excluding carboxylic acids is 1. The lowest BCUT2D eigenvalue weighted by atomic mass is 10.1. The van der Waals surface area contributed by atoms with Gasteiger partial charge >= 0.3 is 5.97 Å². The summed E-state index contributed by atoms with van der Waals surface area (Å²) in [5, 5.41) is 0. The molecule has 1 rings (SSSR count). The van der Waals surface area contributed by atoms with E-state index in [0.29, 0.717) is 4.47 Å². The molecule has 0 aromatic heterocycles. The number of nitrogens with two attached hydrogens (primary N) is 1. The average Bonchev–Trinajstić information content (AvgIpc) is 1.96. The highest BCUT2D eigenvalue weighted by molar-refractivity contribution is 9.10. The van der Waals surface area contributed by atoms with Crippen molar-refractivity contribution < 1.29 is 13.9 Å². The van der Waals surface area contributed by atoms with Crippen LogP contribution in [0.3, 0.4) is 0 Å². The summed E-state index contributed by atoms with van der Waals surface area (Å²) in [5.74, 6) is -1.40. The van der Waals surface area contributed by atoms with Crippen LogP contribution in [-0.2, 0) is 4.74 Å². The van der Waals surface area contributed by atoms with Crippen LogP contribution in [0.25, 0.3) is 0 Å². The van der Waals surface area contributed by atoms with Gasteiger partial charge in [0.05, 0.1) is 0 Å². The van der Waals surface area contributed by atoms with Crippen LogP contribution in [0.4, 0.5) is 10.1 Å². The van der Waals surface area contributed by atoms with E-state index in [9.17, 15) is 9.18 Å². The van der Waals surface area contributed by atoms with Gasteiger partial charge in [0.15, 0.2) is 0 Å². The SMILES string of the molecule is CC(C)(C)OC(=O)c1c(F)cc(N)cc1Br. The Bertz CT molecular complexity index is 403. The Hall–Kier alpha value is -1.10. The fourth-order valence-corrected chi connectivity index (χ4v) is 1.73. The number of rotatable bonds is 1. The normalized spacial score (nSPS) is 11.3. The molecule has 2 N–H and O–H groups in total. The van der Waals surface area contributed by atoms with Crippen LogP contribution in [0.15, 0.2) is 16.6 Å². The molecular formula is C11H13BrFNO2. The first kappa shape index (κ1) is 13.0. The average molecular weight is 290 g/mol. The van der Waals surface area contributed by atoms with Gasteiger partial charge in [0.1, 0.15) is 17.0 Å². The van der Waals surface area contributed by atoms with Gasteiger partial charge < -0.3 is 10.5 Å². The van der Waals surface area contributed by atoms with Gasteiger partial charge in [-0.1, -0.05) is 0 Å². The number of hydrogen-bond acceptors (Lipinski definition) is 3. The second kappa shape index (κ2) is 4.41. The van der Waals surface area contributed by atoms with Crippen LogP contribution in [-0.4, -0.2) is 11.6 Å². The quantitative estimate of drug-likeness (QED) is 0.638. The Balaban J connectivity index is 3.10. The van der Waals surface area contributed by atoms with Crippen molar-refractivity contribution in [2.45, 2.75) is 26.4 Å². The maximum Gasteiger partial charge on any atom is 0.342 e. The number of ether oxygens (including phenoxy) is 1. The van der Waals surface area contributed by atoms with E-state index in [4.69, 9.17) is 10.5 Å². The third-order valence-corrected chi connectivity index (χ3v) is 2.29. The van der Waals surface area contributed by atoms with Crippen molar-refractivity contribution in [3.05, 3.63) is 28.0 Å². The van der Waals surface area contributed by atoms with Gasteiger partial charge in [-0.3, -0.25) is 0 Å². The van der Waals surface area contributed by atoms with Gasteiger partial charge in [-0.05, 0) is 48.8 Å². The van der Waals surface area contributed by atoms with Crippen molar-refractivity contribution >= 4 is 27.6 Å². The molecule has 1 aromatic rings. The molecule has 0 aliphatic rings. The number of anilines is 1. The summed E-state index contributed by atoms with van der Waals surface area (Å²) in [4.78, 5) is 11.7. The molecule has 16 heavy (non-hydrogen) atoms. The van der Waals surface area contributed by atoms with Crippen LogP contribution >= 0.6 is 15.9 Å². The van der Waals surface area contributed by atoms with Gasteiger partial charge in [-0.15, -0.1) is 0 Å². The summed E-state index contributed by atoms with van der Waals surface area (Å²) in [5.41, 5.74) is 4.88. The van der Waals surface area contributed by atoms with E-state index in [0.717, 1.165) is 6.07 Å². The molecule has 0 aliphatic carbocycles. The fourth-order valence-electron chi connectivity index (χ4n) is 1.12. The van der Waals surface area contributed by atoms with E-state index in [1.54, 1.807) is 20.8 Å². The molecule has 0 atom stereocenters. The molecule has 0 unspecified atom stereocenters. The topological polar surface area (TPSA) is 52.3 Å². The molecule has 0 radical (unpaired) electrons. The predicted octanol–water partition coefficient (Wildman–Crippen LogP) is 3.13. The summed E-state index contributed by atoms with van der Waals surface area (Å²) in [6.07, 6.45) is 0. The number of benzene rings is 1. The molecule has 0 amide bonds. The lowest BCUT2D eigenvalue weighted by molar-refractivity contribution is 0.00637. The Morgan fingerprint density at radius 1 is 1.44 bits per heavy atom. The highest BCUT2D eigenvalue weighted by Crippen LogP contribution is 2.25. The number of nitrogen functional groups attached to an aromatic ring is 1. The maximum atomic E-state index is 13.5. The Labute approximate surface area is 102 Å². The van der Waals surface area contributed by atoms with Crippen molar-refractivity contribution in [1.29, 1.82) is 0 Å². The number of hydrogen-bond donors (Lipinski definition) is 1. The molecule has 0 saturated heterocycles. The molecule has 0 spiro atoms. The van der Waals surface area contributed by atoms with Crippen LogP contribution in [0.5, 0.6) is 0 Å². The molecule has 5 heteroatoms. The second-order valence-corrected chi connectivity index (χ2v) is 5.22.